The maximum atomic E-state index is 12.6. The molecule has 0 bridgehead atoms. The van der Waals surface area contributed by atoms with Gasteiger partial charge >= 0.3 is 5.97 Å². The van der Waals surface area contributed by atoms with E-state index in [1.54, 1.807) is 0 Å². The van der Waals surface area contributed by atoms with Crippen molar-refractivity contribution in [3.05, 3.63) is 53.3 Å². The molecule has 148 valence electrons. The summed E-state index contributed by atoms with van der Waals surface area (Å²) in [4.78, 5) is 38.0. The molecule has 8 nitrogen and oxygen atoms in total. The van der Waals surface area contributed by atoms with Gasteiger partial charge in [0.2, 0.25) is 5.91 Å². The molecular formula is C19H21N3O5S. The van der Waals surface area contributed by atoms with Gasteiger partial charge < -0.3 is 21.3 Å². The Bertz CT molecular complexity index is 865. The molecule has 1 saturated heterocycles. The van der Waals surface area contributed by atoms with Gasteiger partial charge in [-0.05, 0) is 36.6 Å². The number of fused-ring (bicyclic) bond motifs is 1. The molecule has 2 amide bonds. The largest absolute Gasteiger partial charge is 0.508 e. The fourth-order valence-electron chi connectivity index (χ4n) is 3.18. The highest BCUT2D eigenvalue weighted by Gasteiger charge is 2.54. The highest BCUT2D eigenvalue weighted by Crippen LogP contribution is 2.41. The molecular weight excluding hydrogens is 382 g/mol. The summed E-state index contributed by atoms with van der Waals surface area (Å²) in [6, 6.07) is 4.08. The molecule has 1 aromatic rings. The summed E-state index contributed by atoms with van der Waals surface area (Å²) in [5.41, 5.74) is 7.11. The van der Waals surface area contributed by atoms with Gasteiger partial charge in [-0.3, -0.25) is 14.5 Å². The first-order valence-corrected chi connectivity index (χ1v) is 9.76. The lowest BCUT2D eigenvalue weighted by Crippen LogP contribution is -2.71. The summed E-state index contributed by atoms with van der Waals surface area (Å²) in [5, 5.41) is 21.0. The number of phenolic OH excluding ortho intramolecular Hbond substituents is 1. The van der Waals surface area contributed by atoms with Crippen LogP contribution in [0.15, 0.2) is 47.7 Å². The molecule has 2 unspecified atom stereocenters. The number of carboxylic acid groups (broad SMARTS) is 1. The maximum absolute atomic E-state index is 12.6. The predicted octanol–water partition coefficient (Wildman–Crippen LogP) is 1.10. The van der Waals surface area contributed by atoms with E-state index in [0.29, 0.717) is 23.3 Å². The predicted molar refractivity (Wildman–Crippen MR) is 104 cm³/mol. The van der Waals surface area contributed by atoms with Crippen molar-refractivity contribution in [1.82, 2.24) is 10.2 Å². The molecule has 0 saturated carbocycles. The van der Waals surface area contributed by atoms with Gasteiger partial charge in [0, 0.05) is 5.75 Å². The number of thioether (sulfide) groups is 1. The summed E-state index contributed by atoms with van der Waals surface area (Å²) in [6.07, 6.45) is 4.14. The third-order valence-electron chi connectivity index (χ3n) is 4.68. The van der Waals surface area contributed by atoms with Gasteiger partial charge in [0.1, 0.15) is 28.9 Å². The van der Waals surface area contributed by atoms with E-state index in [-0.39, 0.29) is 11.4 Å². The fraction of sp³-hybridized carbons (Fsp3) is 0.316. The van der Waals surface area contributed by atoms with Crippen LogP contribution in [0.5, 0.6) is 5.75 Å². The van der Waals surface area contributed by atoms with E-state index in [0.717, 1.165) is 0 Å². The second-order valence-corrected chi connectivity index (χ2v) is 7.60. The van der Waals surface area contributed by atoms with Gasteiger partial charge in [0.15, 0.2) is 0 Å². The van der Waals surface area contributed by atoms with E-state index in [1.807, 2.05) is 19.1 Å². The van der Waals surface area contributed by atoms with Gasteiger partial charge in [-0.15, -0.1) is 11.8 Å². The van der Waals surface area contributed by atoms with Crippen LogP contribution in [-0.2, 0) is 14.4 Å². The number of carbonyl (C=O) groups excluding carboxylic acids is 2. The van der Waals surface area contributed by atoms with Crippen molar-refractivity contribution in [3.8, 4) is 5.75 Å². The molecule has 0 spiro atoms. The molecule has 0 radical (unpaired) electrons. The Hall–Kier alpha value is -2.78. The number of allylic oxidation sites excluding steroid dienone is 2. The molecule has 1 aromatic carbocycles. The molecule has 3 rings (SSSR count). The summed E-state index contributed by atoms with van der Waals surface area (Å²) >= 11 is 1.42. The lowest BCUT2D eigenvalue weighted by molar-refractivity contribution is -0.150. The third-order valence-corrected chi connectivity index (χ3v) is 6.02. The van der Waals surface area contributed by atoms with E-state index >= 15 is 0 Å². The van der Waals surface area contributed by atoms with Gasteiger partial charge in [-0.25, -0.2) is 4.79 Å². The number of aliphatic carboxylic acids is 1. The average molecular weight is 403 g/mol. The van der Waals surface area contributed by atoms with Crippen LogP contribution >= 0.6 is 11.8 Å². The maximum Gasteiger partial charge on any atom is 0.352 e. The number of carbonyl (C=O) groups is 3. The molecule has 3 atom stereocenters. The summed E-state index contributed by atoms with van der Waals surface area (Å²) in [7, 11) is 0. The standard InChI is InChI=1S/C19H21N3O5S/c1-2-3-4-11-9-28-18-14(17(25)22(18)15(11)19(26)27)21-16(24)13(20)10-5-7-12(23)8-6-10/h2-3,5-8,13-14,18,23H,4,9,20H2,1H3,(H,21,24)(H,26,27)/t13?,14?,18-/m0/s1. The number of nitrogens with two attached hydrogens (primary N) is 1. The van der Waals surface area contributed by atoms with Crippen LogP contribution in [0.2, 0.25) is 0 Å². The zero-order valence-corrected chi connectivity index (χ0v) is 16.0. The minimum absolute atomic E-state index is 0.000169. The van der Waals surface area contributed by atoms with Crippen molar-refractivity contribution in [2.75, 3.05) is 5.75 Å². The van der Waals surface area contributed by atoms with Crippen LogP contribution in [0.1, 0.15) is 24.9 Å². The van der Waals surface area contributed by atoms with E-state index in [9.17, 15) is 24.6 Å². The Balaban J connectivity index is 1.73. The molecule has 0 aliphatic carbocycles. The third kappa shape index (κ3) is 3.63. The first-order valence-electron chi connectivity index (χ1n) is 8.71. The second kappa shape index (κ2) is 8.07. The molecule has 2 aliphatic rings. The number of nitrogens with zero attached hydrogens (tertiary/aromatic N) is 1. The Morgan fingerprint density at radius 1 is 1.39 bits per heavy atom. The Labute approximate surface area is 166 Å². The SMILES string of the molecule is CC=CCC1=C(C(=O)O)N2C(=O)C(NC(=O)C(N)c3ccc(O)cc3)[C@@H]2SC1. The minimum atomic E-state index is -1.15. The van der Waals surface area contributed by atoms with Crippen molar-refractivity contribution in [1.29, 1.82) is 0 Å². The van der Waals surface area contributed by atoms with Gasteiger partial charge in [-0.1, -0.05) is 24.3 Å². The lowest BCUT2D eigenvalue weighted by Gasteiger charge is -2.49. The van der Waals surface area contributed by atoms with E-state index < -0.39 is 35.2 Å². The topological polar surface area (TPSA) is 133 Å². The van der Waals surface area contributed by atoms with Crippen LogP contribution in [0.3, 0.4) is 0 Å². The molecule has 5 N–H and O–H groups in total. The quantitative estimate of drug-likeness (QED) is 0.413. The van der Waals surface area contributed by atoms with E-state index in [4.69, 9.17) is 5.73 Å². The van der Waals surface area contributed by atoms with Crippen molar-refractivity contribution in [2.24, 2.45) is 5.73 Å². The fourth-order valence-corrected chi connectivity index (χ4v) is 4.54. The average Bonchev–Trinajstić information content (AvgIpc) is 2.69. The lowest BCUT2D eigenvalue weighted by atomic mass is 10.00. The van der Waals surface area contributed by atoms with E-state index in [1.165, 1.54) is 40.9 Å². The highest BCUT2D eigenvalue weighted by molar-refractivity contribution is 8.00. The minimum Gasteiger partial charge on any atom is -0.508 e. The van der Waals surface area contributed by atoms with Crippen molar-refractivity contribution in [3.63, 3.8) is 0 Å². The number of rotatable bonds is 6. The Morgan fingerprint density at radius 2 is 2.07 bits per heavy atom. The number of aromatic hydroxyl groups is 1. The monoisotopic (exact) mass is 403 g/mol. The summed E-state index contributed by atoms with van der Waals surface area (Å²) in [5.74, 6) is -1.62. The van der Waals surface area contributed by atoms with Crippen LogP contribution in [0.25, 0.3) is 0 Å². The number of carboxylic acids is 1. The molecule has 9 heteroatoms. The number of amides is 2. The number of nitrogens with one attached hydrogen (secondary N) is 1. The number of phenols is 1. The smallest absolute Gasteiger partial charge is 0.352 e. The number of β-lactam (4-membered cyclic amide) rings is 1. The normalized spacial score (nSPS) is 22.6. The number of benzene rings is 1. The Kier molecular flexibility index (Phi) is 5.76. The molecule has 1 fully saturated rings. The van der Waals surface area contributed by atoms with Crippen molar-refractivity contribution in [2.45, 2.75) is 30.8 Å². The van der Waals surface area contributed by atoms with Crippen molar-refractivity contribution < 1.29 is 24.6 Å². The molecule has 2 aliphatic heterocycles. The number of hydrogen-bond acceptors (Lipinski definition) is 6. The number of hydrogen-bond donors (Lipinski definition) is 4. The zero-order valence-electron chi connectivity index (χ0n) is 15.2. The Morgan fingerprint density at radius 3 is 2.68 bits per heavy atom. The second-order valence-electron chi connectivity index (χ2n) is 6.50. The van der Waals surface area contributed by atoms with Gasteiger partial charge in [0.25, 0.3) is 5.91 Å². The highest BCUT2D eigenvalue weighted by atomic mass is 32.2. The first kappa shape index (κ1) is 20.0. The van der Waals surface area contributed by atoms with Crippen LogP contribution < -0.4 is 11.1 Å². The summed E-state index contributed by atoms with van der Waals surface area (Å²) < 4.78 is 0. The van der Waals surface area contributed by atoms with E-state index in [2.05, 4.69) is 5.32 Å². The zero-order chi connectivity index (χ0) is 20.4. The first-order chi connectivity index (χ1) is 13.3. The molecule has 2 heterocycles. The van der Waals surface area contributed by atoms with Crippen LogP contribution in [-0.4, -0.2) is 50.1 Å². The molecule has 0 aromatic heterocycles. The molecule has 28 heavy (non-hydrogen) atoms. The van der Waals surface area contributed by atoms with Crippen LogP contribution in [0, 0.1) is 0 Å². The van der Waals surface area contributed by atoms with Gasteiger partial charge in [0.05, 0.1) is 0 Å². The van der Waals surface area contributed by atoms with Gasteiger partial charge in [-0.2, -0.15) is 0 Å². The summed E-state index contributed by atoms with van der Waals surface area (Å²) in [6.45, 7) is 1.84. The van der Waals surface area contributed by atoms with Crippen LogP contribution in [0.4, 0.5) is 0 Å². The van der Waals surface area contributed by atoms with Crippen molar-refractivity contribution >= 4 is 29.5 Å².